The first-order chi connectivity index (χ1) is 8.33. The van der Waals surface area contributed by atoms with Crippen LogP contribution in [0.3, 0.4) is 0 Å². The number of hydrogen-bond donors (Lipinski definition) is 2. The molecule has 0 aliphatic heterocycles. The van der Waals surface area contributed by atoms with Crippen molar-refractivity contribution in [3.63, 3.8) is 0 Å². The van der Waals surface area contributed by atoms with Gasteiger partial charge in [-0.15, -0.1) is 5.10 Å². The predicted molar refractivity (Wildman–Crippen MR) is 69.1 cm³/mol. The van der Waals surface area contributed by atoms with Crippen molar-refractivity contribution >= 4 is 16.6 Å². The van der Waals surface area contributed by atoms with E-state index in [1.807, 2.05) is 25.1 Å². The van der Waals surface area contributed by atoms with Crippen LogP contribution in [0.1, 0.15) is 18.5 Å². The van der Waals surface area contributed by atoms with E-state index < -0.39 is 0 Å². The van der Waals surface area contributed by atoms with Gasteiger partial charge in [0, 0.05) is 23.9 Å². The lowest BCUT2D eigenvalue weighted by Crippen LogP contribution is -2.06. The molecule has 0 radical (unpaired) electrons. The number of unbranched alkanes of at least 4 members (excludes halogenated alkanes) is 1. The van der Waals surface area contributed by atoms with Crippen LogP contribution in [0.2, 0.25) is 0 Å². The van der Waals surface area contributed by atoms with Gasteiger partial charge in [0.2, 0.25) is 0 Å². The summed E-state index contributed by atoms with van der Waals surface area (Å²) in [6.45, 7) is 3.01. The molecule has 0 aliphatic rings. The molecule has 0 spiro atoms. The Morgan fingerprint density at radius 2 is 1.88 bits per heavy atom. The number of hydrogen-bond acceptors (Lipinski definition) is 4. The second-order valence-electron chi connectivity index (χ2n) is 4.04. The number of aryl methyl sites for hydroxylation is 1. The Labute approximate surface area is 101 Å². The number of nitrogens with zero attached hydrogens (tertiary/aromatic N) is 2. The van der Waals surface area contributed by atoms with Crippen molar-refractivity contribution in [2.75, 3.05) is 18.5 Å². The number of nitrogens with one attached hydrogen (secondary N) is 1. The molecule has 4 heteroatoms. The van der Waals surface area contributed by atoms with Gasteiger partial charge < -0.3 is 10.4 Å². The largest absolute Gasteiger partial charge is 0.396 e. The number of anilines is 1. The molecule has 2 N–H and O–H groups in total. The van der Waals surface area contributed by atoms with Crippen molar-refractivity contribution in [1.82, 2.24) is 10.2 Å². The fourth-order valence-electron chi connectivity index (χ4n) is 1.81. The number of fused-ring (bicyclic) bond motifs is 1. The van der Waals surface area contributed by atoms with Gasteiger partial charge in [-0.25, -0.2) is 0 Å². The predicted octanol–water partition coefficient (Wildman–Crippen LogP) is 2.12. The molecule has 90 valence electrons. The minimum atomic E-state index is 0.238. The maximum absolute atomic E-state index is 8.72. The highest BCUT2D eigenvalue weighted by Crippen LogP contribution is 2.21. The SMILES string of the molecule is Cc1nnc(NCCCCO)c2ccccc12. The molecule has 0 atom stereocenters. The van der Waals surface area contributed by atoms with Gasteiger partial charge in [0.1, 0.15) is 0 Å². The van der Waals surface area contributed by atoms with Gasteiger partial charge in [-0.3, -0.25) is 0 Å². The lowest BCUT2D eigenvalue weighted by molar-refractivity contribution is 0.286. The molecule has 4 nitrogen and oxygen atoms in total. The van der Waals surface area contributed by atoms with Crippen LogP contribution in [0.25, 0.3) is 10.8 Å². The zero-order chi connectivity index (χ0) is 12.1. The fourth-order valence-corrected chi connectivity index (χ4v) is 1.81. The van der Waals surface area contributed by atoms with E-state index in [-0.39, 0.29) is 6.61 Å². The Morgan fingerprint density at radius 1 is 1.12 bits per heavy atom. The van der Waals surface area contributed by atoms with Crippen LogP contribution in [0.15, 0.2) is 24.3 Å². The zero-order valence-electron chi connectivity index (χ0n) is 9.98. The van der Waals surface area contributed by atoms with Crippen LogP contribution in [-0.2, 0) is 0 Å². The van der Waals surface area contributed by atoms with Crippen molar-refractivity contribution in [1.29, 1.82) is 0 Å². The molecular weight excluding hydrogens is 214 g/mol. The van der Waals surface area contributed by atoms with E-state index in [2.05, 4.69) is 21.6 Å². The van der Waals surface area contributed by atoms with Gasteiger partial charge in [0.25, 0.3) is 0 Å². The third kappa shape index (κ3) is 2.71. The number of aromatic nitrogens is 2. The maximum Gasteiger partial charge on any atom is 0.156 e. The highest BCUT2D eigenvalue weighted by Gasteiger charge is 2.04. The Morgan fingerprint density at radius 3 is 2.65 bits per heavy atom. The summed E-state index contributed by atoms with van der Waals surface area (Å²) in [6.07, 6.45) is 1.74. The summed E-state index contributed by atoms with van der Waals surface area (Å²) in [5.41, 5.74) is 0.946. The van der Waals surface area contributed by atoms with Crippen LogP contribution in [0.5, 0.6) is 0 Å². The fraction of sp³-hybridized carbons (Fsp3) is 0.385. The van der Waals surface area contributed by atoms with Gasteiger partial charge in [0.05, 0.1) is 5.69 Å². The minimum Gasteiger partial charge on any atom is -0.396 e. The van der Waals surface area contributed by atoms with E-state index in [9.17, 15) is 0 Å². The van der Waals surface area contributed by atoms with Gasteiger partial charge in [-0.05, 0) is 19.8 Å². The molecule has 17 heavy (non-hydrogen) atoms. The Kier molecular flexibility index (Phi) is 3.88. The van der Waals surface area contributed by atoms with Crippen molar-refractivity contribution in [3.8, 4) is 0 Å². The minimum absolute atomic E-state index is 0.238. The summed E-state index contributed by atoms with van der Waals surface area (Å²) in [6, 6.07) is 8.11. The average Bonchev–Trinajstić information content (AvgIpc) is 2.37. The normalized spacial score (nSPS) is 10.7. The Balaban J connectivity index is 2.20. The molecule has 0 bridgehead atoms. The van der Waals surface area contributed by atoms with Gasteiger partial charge in [-0.2, -0.15) is 5.10 Å². The lowest BCUT2D eigenvalue weighted by atomic mass is 10.1. The van der Waals surface area contributed by atoms with Gasteiger partial charge in [-0.1, -0.05) is 24.3 Å². The molecule has 2 rings (SSSR count). The second-order valence-corrected chi connectivity index (χ2v) is 4.04. The van der Waals surface area contributed by atoms with Crippen molar-refractivity contribution < 1.29 is 5.11 Å². The van der Waals surface area contributed by atoms with Crippen molar-refractivity contribution in [2.45, 2.75) is 19.8 Å². The van der Waals surface area contributed by atoms with E-state index >= 15 is 0 Å². The van der Waals surface area contributed by atoms with Crippen LogP contribution >= 0.6 is 0 Å². The molecule has 0 amide bonds. The summed E-state index contributed by atoms with van der Waals surface area (Å²) in [4.78, 5) is 0. The van der Waals surface area contributed by atoms with Crippen LogP contribution in [0, 0.1) is 6.92 Å². The number of benzene rings is 1. The topological polar surface area (TPSA) is 58.0 Å². The molecule has 0 saturated carbocycles. The molecular formula is C13H17N3O. The second kappa shape index (κ2) is 5.59. The molecule has 1 aromatic heterocycles. The standard InChI is InChI=1S/C13H17N3O/c1-10-11-6-2-3-7-12(11)13(16-15-10)14-8-4-5-9-17/h2-3,6-7,17H,4-5,8-9H2,1H3,(H,14,16). The average molecular weight is 231 g/mol. The summed E-state index contributed by atoms with van der Waals surface area (Å²) in [7, 11) is 0. The third-order valence-corrected chi connectivity index (χ3v) is 2.75. The number of aliphatic hydroxyl groups excluding tert-OH is 1. The smallest absolute Gasteiger partial charge is 0.156 e. The van der Waals surface area contributed by atoms with Crippen LogP contribution < -0.4 is 5.32 Å². The maximum atomic E-state index is 8.72. The summed E-state index contributed by atoms with van der Waals surface area (Å²) in [5.74, 6) is 0.823. The van der Waals surface area contributed by atoms with Gasteiger partial charge in [0.15, 0.2) is 5.82 Å². The highest BCUT2D eigenvalue weighted by molar-refractivity contribution is 5.92. The van der Waals surface area contributed by atoms with E-state index in [0.29, 0.717) is 0 Å². The first-order valence-corrected chi connectivity index (χ1v) is 5.89. The molecule has 2 aromatic rings. The highest BCUT2D eigenvalue weighted by atomic mass is 16.2. The summed E-state index contributed by atoms with van der Waals surface area (Å²) in [5, 5.41) is 22.5. The molecule has 1 aromatic carbocycles. The number of rotatable bonds is 5. The quantitative estimate of drug-likeness (QED) is 0.774. The molecule has 1 heterocycles. The Bertz CT molecular complexity index is 499. The van der Waals surface area contributed by atoms with Crippen LogP contribution in [0.4, 0.5) is 5.82 Å². The first-order valence-electron chi connectivity index (χ1n) is 5.89. The van der Waals surface area contributed by atoms with Crippen molar-refractivity contribution in [3.05, 3.63) is 30.0 Å². The third-order valence-electron chi connectivity index (χ3n) is 2.75. The van der Waals surface area contributed by atoms with Crippen molar-refractivity contribution in [2.24, 2.45) is 0 Å². The lowest BCUT2D eigenvalue weighted by Gasteiger charge is -2.08. The molecule has 0 aliphatic carbocycles. The molecule has 0 fully saturated rings. The van der Waals surface area contributed by atoms with E-state index in [1.54, 1.807) is 0 Å². The van der Waals surface area contributed by atoms with E-state index in [0.717, 1.165) is 41.7 Å². The zero-order valence-corrected chi connectivity index (χ0v) is 9.98. The van der Waals surface area contributed by atoms with E-state index in [4.69, 9.17) is 5.11 Å². The monoisotopic (exact) mass is 231 g/mol. The number of aliphatic hydroxyl groups is 1. The Hall–Kier alpha value is -1.68. The summed E-state index contributed by atoms with van der Waals surface area (Å²) >= 11 is 0. The molecule has 0 unspecified atom stereocenters. The van der Waals surface area contributed by atoms with Gasteiger partial charge >= 0.3 is 0 Å². The first kappa shape index (κ1) is 11.8. The molecule has 0 saturated heterocycles. The summed E-state index contributed by atoms with van der Waals surface area (Å²) < 4.78 is 0. The van der Waals surface area contributed by atoms with E-state index in [1.165, 1.54) is 0 Å². The van der Waals surface area contributed by atoms with Crippen LogP contribution in [-0.4, -0.2) is 28.5 Å².